The van der Waals surface area contributed by atoms with Crippen LogP contribution in [-0.2, 0) is 9.47 Å². The SMILES string of the molecule is CO[C@H]1NC(=O)N(CO)[C@H]1OC. The maximum absolute atomic E-state index is 11.0. The lowest BCUT2D eigenvalue weighted by atomic mass is 10.5. The standard InChI is InChI=1S/C6H12N2O4/c1-11-4-5(12-2)8(3-9)6(10)7-4/h4-5,9H,3H2,1-2H3,(H,7,10)/t4-,5+/m1/s1. The highest BCUT2D eigenvalue weighted by atomic mass is 16.6. The summed E-state index contributed by atoms with van der Waals surface area (Å²) in [5, 5.41) is 11.3. The van der Waals surface area contributed by atoms with Gasteiger partial charge in [0.2, 0.25) is 0 Å². The van der Waals surface area contributed by atoms with Gasteiger partial charge in [0, 0.05) is 14.2 Å². The lowest BCUT2D eigenvalue weighted by Crippen LogP contribution is -2.39. The molecule has 1 aliphatic heterocycles. The summed E-state index contributed by atoms with van der Waals surface area (Å²) in [7, 11) is 2.90. The van der Waals surface area contributed by atoms with Crippen molar-refractivity contribution >= 4 is 6.03 Å². The molecular weight excluding hydrogens is 164 g/mol. The van der Waals surface area contributed by atoms with E-state index in [1.54, 1.807) is 0 Å². The molecule has 2 amide bonds. The number of rotatable bonds is 3. The summed E-state index contributed by atoms with van der Waals surface area (Å²) in [5.74, 6) is 0. The van der Waals surface area contributed by atoms with E-state index in [1.807, 2.05) is 0 Å². The van der Waals surface area contributed by atoms with E-state index in [9.17, 15) is 4.79 Å². The van der Waals surface area contributed by atoms with E-state index in [4.69, 9.17) is 14.6 Å². The first-order valence-corrected chi connectivity index (χ1v) is 3.48. The number of urea groups is 1. The van der Waals surface area contributed by atoms with E-state index >= 15 is 0 Å². The van der Waals surface area contributed by atoms with Gasteiger partial charge in [0.15, 0.2) is 12.5 Å². The van der Waals surface area contributed by atoms with Gasteiger partial charge >= 0.3 is 6.03 Å². The lowest BCUT2D eigenvalue weighted by molar-refractivity contribution is -0.0955. The van der Waals surface area contributed by atoms with Crippen molar-refractivity contribution in [3.05, 3.63) is 0 Å². The lowest BCUT2D eigenvalue weighted by Gasteiger charge is -2.21. The van der Waals surface area contributed by atoms with Gasteiger partial charge in [-0.2, -0.15) is 0 Å². The van der Waals surface area contributed by atoms with Gasteiger partial charge in [0.05, 0.1) is 0 Å². The van der Waals surface area contributed by atoms with Crippen molar-refractivity contribution < 1.29 is 19.4 Å². The zero-order valence-electron chi connectivity index (χ0n) is 6.98. The van der Waals surface area contributed by atoms with E-state index in [2.05, 4.69) is 5.32 Å². The number of hydrogen-bond acceptors (Lipinski definition) is 4. The third-order valence-corrected chi connectivity index (χ3v) is 1.74. The normalized spacial score (nSPS) is 29.2. The van der Waals surface area contributed by atoms with Gasteiger partial charge in [0.1, 0.15) is 6.73 Å². The molecule has 1 aliphatic rings. The average molecular weight is 176 g/mol. The number of carbonyl (C=O) groups is 1. The Bertz CT molecular complexity index is 175. The Kier molecular flexibility index (Phi) is 2.85. The molecule has 0 aromatic heterocycles. The number of aliphatic hydroxyl groups excluding tert-OH is 1. The summed E-state index contributed by atoms with van der Waals surface area (Å²) in [5.41, 5.74) is 0. The van der Waals surface area contributed by atoms with Gasteiger partial charge in [-0.3, -0.25) is 4.90 Å². The molecule has 0 radical (unpaired) electrons. The van der Waals surface area contributed by atoms with Crippen molar-refractivity contribution in [1.29, 1.82) is 0 Å². The van der Waals surface area contributed by atoms with Crippen LogP contribution < -0.4 is 5.32 Å². The molecule has 0 bridgehead atoms. The van der Waals surface area contributed by atoms with E-state index in [-0.39, 0.29) is 6.73 Å². The summed E-state index contributed by atoms with van der Waals surface area (Å²) in [4.78, 5) is 12.2. The Morgan fingerprint density at radius 2 is 2.25 bits per heavy atom. The average Bonchev–Trinajstić information content (AvgIpc) is 2.40. The van der Waals surface area contributed by atoms with Gasteiger partial charge in [-0.05, 0) is 0 Å². The maximum Gasteiger partial charge on any atom is 0.323 e. The maximum atomic E-state index is 11.0. The largest absolute Gasteiger partial charge is 0.376 e. The van der Waals surface area contributed by atoms with Crippen LogP contribution in [0.3, 0.4) is 0 Å². The minimum atomic E-state index is -0.563. The molecule has 0 aromatic carbocycles. The minimum absolute atomic E-state index is 0.385. The Morgan fingerprint density at radius 3 is 2.67 bits per heavy atom. The number of ether oxygens (including phenoxy) is 2. The van der Waals surface area contributed by atoms with Crippen LogP contribution >= 0.6 is 0 Å². The minimum Gasteiger partial charge on any atom is -0.376 e. The van der Waals surface area contributed by atoms with Crippen molar-refractivity contribution in [3.8, 4) is 0 Å². The summed E-state index contributed by atoms with van der Waals surface area (Å²) in [6.45, 7) is -0.385. The Morgan fingerprint density at radius 1 is 1.58 bits per heavy atom. The second-order valence-corrected chi connectivity index (χ2v) is 2.34. The van der Waals surface area contributed by atoms with Crippen LogP contribution in [0.2, 0.25) is 0 Å². The third kappa shape index (κ3) is 1.36. The second kappa shape index (κ2) is 3.70. The molecule has 1 fully saturated rings. The molecule has 2 atom stereocenters. The predicted octanol–water partition coefficient (Wildman–Crippen LogP) is -1.09. The second-order valence-electron chi connectivity index (χ2n) is 2.34. The van der Waals surface area contributed by atoms with Gasteiger partial charge < -0.3 is 19.9 Å². The number of amides is 2. The molecule has 1 heterocycles. The number of methoxy groups -OCH3 is 2. The van der Waals surface area contributed by atoms with Gasteiger partial charge in [-0.15, -0.1) is 0 Å². The molecule has 0 aliphatic carbocycles. The number of nitrogens with one attached hydrogen (secondary N) is 1. The molecule has 0 aromatic rings. The Labute approximate surface area is 70.1 Å². The van der Waals surface area contributed by atoms with E-state index in [0.29, 0.717) is 0 Å². The molecule has 0 unspecified atom stereocenters. The molecule has 0 saturated carbocycles. The summed E-state index contributed by atoms with van der Waals surface area (Å²) >= 11 is 0. The first-order valence-electron chi connectivity index (χ1n) is 3.48. The molecule has 70 valence electrons. The van der Waals surface area contributed by atoms with Crippen LogP contribution in [0.15, 0.2) is 0 Å². The van der Waals surface area contributed by atoms with Gasteiger partial charge in [-0.25, -0.2) is 4.79 Å². The molecule has 12 heavy (non-hydrogen) atoms. The number of aliphatic hydroxyl groups is 1. The van der Waals surface area contributed by atoms with Crippen LogP contribution in [0.4, 0.5) is 4.79 Å². The topological polar surface area (TPSA) is 71.0 Å². The highest BCUT2D eigenvalue weighted by molar-refractivity contribution is 5.76. The zero-order valence-corrected chi connectivity index (χ0v) is 6.98. The summed E-state index contributed by atoms with van der Waals surface area (Å²) in [6, 6.07) is -0.392. The molecule has 2 N–H and O–H groups in total. The van der Waals surface area contributed by atoms with Gasteiger partial charge in [-0.1, -0.05) is 0 Å². The Hall–Kier alpha value is -0.850. The number of carbonyl (C=O) groups excluding carboxylic acids is 1. The summed E-state index contributed by atoms with van der Waals surface area (Å²) in [6.07, 6.45) is -1.08. The smallest absolute Gasteiger partial charge is 0.323 e. The highest BCUT2D eigenvalue weighted by Crippen LogP contribution is 2.13. The number of hydrogen-bond donors (Lipinski definition) is 2. The van der Waals surface area contributed by atoms with Crippen LogP contribution in [0.1, 0.15) is 0 Å². The highest BCUT2D eigenvalue weighted by Gasteiger charge is 2.39. The van der Waals surface area contributed by atoms with Crippen molar-refractivity contribution in [3.63, 3.8) is 0 Å². The fourth-order valence-electron chi connectivity index (χ4n) is 1.13. The van der Waals surface area contributed by atoms with E-state index in [1.165, 1.54) is 14.2 Å². The molecule has 6 nitrogen and oxygen atoms in total. The Balaban J connectivity index is 2.68. The molecular formula is C6H12N2O4. The van der Waals surface area contributed by atoms with Crippen LogP contribution in [0, 0.1) is 0 Å². The zero-order chi connectivity index (χ0) is 9.14. The quantitative estimate of drug-likeness (QED) is 0.573. The van der Waals surface area contributed by atoms with Crippen LogP contribution in [-0.4, -0.2) is 49.4 Å². The first kappa shape index (κ1) is 9.24. The predicted molar refractivity (Wildman–Crippen MR) is 39.1 cm³/mol. The monoisotopic (exact) mass is 176 g/mol. The molecule has 6 heteroatoms. The molecule has 1 rings (SSSR count). The van der Waals surface area contributed by atoms with Crippen molar-refractivity contribution in [2.75, 3.05) is 21.0 Å². The van der Waals surface area contributed by atoms with Crippen LogP contribution in [0.5, 0.6) is 0 Å². The first-order chi connectivity index (χ1) is 5.74. The fraction of sp³-hybridized carbons (Fsp3) is 0.833. The van der Waals surface area contributed by atoms with Crippen molar-refractivity contribution in [2.45, 2.75) is 12.5 Å². The van der Waals surface area contributed by atoms with Crippen molar-refractivity contribution in [2.24, 2.45) is 0 Å². The third-order valence-electron chi connectivity index (χ3n) is 1.74. The fourth-order valence-corrected chi connectivity index (χ4v) is 1.13. The summed E-state index contributed by atoms with van der Waals surface area (Å²) < 4.78 is 9.85. The molecule has 1 saturated heterocycles. The van der Waals surface area contributed by atoms with Crippen LogP contribution in [0.25, 0.3) is 0 Å². The van der Waals surface area contributed by atoms with Gasteiger partial charge in [0.25, 0.3) is 0 Å². The molecule has 0 spiro atoms. The van der Waals surface area contributed by atoms with E-state index in [0.717, 1.165) is 4.90 Å². The van der Waals surface area contributed by atoms with E-state index < -0.39 is 18.5 Å². The number of nitrogens with zero attached hydrogens (tertiary/aromatic N) is 1. The van der Waals surface area contributed by atoms with Crippen molar-refractivity contribution in [1.82, 2.24) is 10.2 Å².